The van der Waals surface area contributed by atoms with Gasteiger partial charge in [0.1, 0.15) is 0 Å². The molecule has 0 unspecified atom stereocenters. The fourth-order valence-corrected chi connectivity index (χ4v) is 2.84. The van der Waals surface area contributed by atoms with Crippen molar-refractivity contribution in [1.29, 1.82) is 0 Å². The maximum atomic E-state index is 4.43. The van der Waals surface area contributed by atoms with E-state index in [9.17, 15) is 0 Å². The van der Waals surface area contributed by atoms with Gasteiger partial charge in [-0.05, 0) is 0 Å². The number of fused-ring (bicyclic) bond motifs is 1. The molecule has 0 bridgehead atoms. The first-order valence-electron chi connectivity index (χ1n) is 5.25. The van der Waals surface area contributed by atoms with Crippen molar-refractivity contribution in [3.05, 3.63) is 36.4 Å². The summed E-state index contributed by atoms with van der Waals surface area (Å²) < 4.78 is 10.8. The van der Waals surface area contributed by atoms with Crippen molar-refractivity contribution >= 4 is 31.7 Å². The van der Waals surface area contributed by atoms with E-state index < -0.39 is 0 Å². The number of nitrogens with one attached hydrogen (secondary N) is 1. The van der Waals surface area contributed by atoms with Gasteiger partial charge in [-0.2, -0.15) is 0 Å². The van der Waals surface area contributed by atoms with Crippen LogP contribution in [0.3, 0.4) is 0 Å². The molecule has 5 nitrogen and oxygen atoms in total. The molecule has 3 rings (SSSR count). The van der Waals surface area contributed by atoms with Crippen LogP contribution in [0.5, 0.6) is 0 Å². The van der Waals surface area contributed by atoms with Gasteiger partial charge in [-0.15, -0.1) is 0 Å². The van der Waals surface area contributed by atoms with Crippen molar-refractivity contribution in [3.8, 4) is 0 Å². The molecule has 0 spiro atoms. The molecule has 0 atom stereocenters. The first kappa shape index (κ1) is 10.5. The Morgan fingerprint density at radius 2 is 2.29 bits per heavy atom. The topological polar surface area (TPSA) is 55.6 Å². The van der Waals surface area contributed by atoms with Gasteiger partial charge in [-0.25, -0.2) is 0 Å². The molecule has 86 valence electrons. The summed E-state index contributed by atoms with van der Waals surface area (Å²) in [6.45, 7) is 0.746. The second-order valence-electron chi connectivity index (χ2n) is 3.79. The molecule has 6 heteroatoms. The van der Waals surface area contributed by atoms with E-state index in [0.29, 0.717) is 0 Å². The minimum absolute atomic E-state index is 0.0205. The number of nitrogens with zero attached hydrogens (tertiary/aromatic N) is 4. The van der Waals surface area contributed by atoms with Crippen molar-refractivity contribution in [2.45, 2.75) is 6.54 Å². The van der Waals surface area contributed by atoms with Crippen LogP contribution < -0.4 is 5.32 Å². The summed E-state index contributed by atoms with van der Waals surface area (Å²) in [5, 5.41) is 3.38. The van der Waals surface area contributed by atoms with Crippen LogP contribution in [0.25, 0.3) is 11.0 Å². The van der Waals surface area contributed by atoms with Gasteiger partial charge in [0, 0.05) is 0 Å². The van der Waals surface area contributed by atoms with E-state index in [1.165, 1.54) is 0 Å². The Balaban J connectivity index is 1.86. The van der Waals surface area contributed by atoms with E-state index in [2.05, 4.69) is 18.3 Å². The van der Waals surface area contributed by atoms with Crippen LogP contribution >= 0.6 is 0 Å². The Labute approximate surface area is 105 Å². The number of aryl methyl sites for hydroxylation is 1. The van der Waals surface area contributed by atoms with Crippen LogP contribution in [0.15, 0.2) is 30.7 Å². The van der Waals surface area contributed by atoms with E-state index in [-0.39, 0.29) is 15.0 Å². The number of hydrogen-bond donors (Lipinski definition) is 1. The summed E-state index contributed by atoms with van der Waals surface area (Å²) in [4.78, 5) is 4.09. The molecular weight excluding hydrogens is 281 g/mol. The van der Waals surface area contributed by atoms with Crippen LogP contribution in [0.4, 0.5) is 5.69 Å². The van der Waals surface area contributed by atoms with Crippen molar-refractivity contribution in [1.82, 2.24) is 17.5 Å². The molecule has 0 aliphatic heterocycles. The monoisotopic (exact) mass is 293 g/mol. The molecule has 0 aliphatic carbocycles. The second kappa shape index (κ2) is 4.31. The summed E-state index contributed by atoms with van der Waals surface area (Å²) >= 11 is 0.0205. The number of rotatable bonds is 3. The molecule has 1 aromatic carbocycles. The average molecular weight is 292 g/mol. The Hall–Kier alpha value is -1.65. The van der Waals surface area contributed by atoms with Crippen LogP contribution in [-0.4, -0.2) is 32.5 Å². The van der Waals surface area contributed by atoms with Gasteiger partial charge in [-0.1, -0.05) is 0 Å². The van der Waals surface area contributed by atoms with E-state index in [4.69, 9.17) is 0 Å². The molecule has 3 aromatic rings. The van der Waals surface area contributed by atoms with Gasteiger partial charge in [-0.3, -0.25) is 0 Å². The predicted octanol–water partition coefficient (Wildman–Crippen LogP) is 1.03. The average Bonchev–Trinajstić information content (AvgIpc) is 2.95. The van der Waals surface area contributed by atoms with Gasteiger partial charge in [0.15, 0.2) is 0 Å². The van der Waals surface area contributed by atoms with E-state index in [1.807, 2.05) is 36.0 Å². The summed E-state index contributed by atoms with van der Waals surface area (Å²) in [5.74, 6) is 0. The van der Waals surface area contributed by atoms with Gasteiger partial charge in [0.25, 0.3) is 0 Å². The third-order valence-corrected chi connectivity index (χ3v) is 3.80. The standard InChI is InChI=1S/C11H11N5Se/c1-16-7-12-5-8(16)6-13-9-3-2-4-10-11(9)15-17-14-10/h2-5,7,13H,6H2,1H3. The van der Waals surface area contributed by atoms with Crippen LogP contribution in [0.1, 0.15) is 5.69 Å². The molecule has 0 saturated heterocycles. The maximum absolute atomic E-state index is 4.43. The normalized spacial score (nSPS) is 10.9. The fraction of sp³-hybridized carbons (Fsp3) is 0.182. The van der Waals surface area contributed by atoms with E-state index >= 15 is 0 Å². The molecule has 2 heterocycles. The van der Waals surface area contributed by atoms with E-state index in [0.717, 1.165) is 29.0 Å². The van der Waals surface area contributed by atoms with Gasteiger partial charge < -0.3 is 0 Å². The zero-order valence-corrected chi connectivity index (χ0v) is 11.0. The molecular formula is C11H11N5Se. The summed E-state index contributed by atoms with van der Waals surface area (Å²) in [6.07, 6.45) is 3.66. The number of hydrogen-bond acceptors (Lipinski definition) is 4. The number of imidazole rings is 1. The van der Waals surface area contributed by atoms with Crippen molar-refractivity contribution < 1.29 is 0 Å². The Morgan fingerprint density at radius 1 is 1.35 bits per heavy atom. The van der Waals surface area contributed by atoms with Crippen LogP contribution in [0.2, 0.25) is 0 Å². The van der Waals surface area contributed by atoms with Crippen LogP contribution in [-0.2, 0) is 13.6 Å². The molecule has 0 fully saturated rings. The zero-order valence-electron chi connectivity index (χ0n) is 9.29. The zero-order chi connectivity index (χ0) is 11.7. The molecule has 0 amide bonds. The first-order valence-corrected chi connectivity index (χ1v) is 6.78. The molecule has 2 aromatic heterocycles. The molecule has 1 N–H and O–H groups in total. The summed E-state index contributed by atoms with van der Waals surface area (Å²) in [5.41, 5.74) is 4.18. The van der Waals surface area contributed by atoms with Gasteiger partial charge >= 0.3 is 105 Å². The fourth-order valence-electron chi connectivity index (χ4n) is 1.69. The Bertz CT molecular complexity index is 642. The second-order valence-corrected chi connectivity index (χ2v) is 4.90. The summed E-state index contributed by atoms with van der Waals surface area (Å²) in [6, 6.07) is 6.04. The summed E-state index contributed by atoms with van der Waals surface area (Å²) in [7, 11) is 1.99. The third kappa shape index (κ3) is 1.97. The third-order valence-electron chi connectivity index (χ3n) is 2.66. The predicted molar refractivity (Wildman–Crippen MR) is 67.0 cm³/mol. The Kier molecular flexibility index (Phi) is 2.66. The Morgan fingerprint density at radius 3 is 3.12 bits per heavy atom. The van der Waals surface area contributed by atoms with Crippen molar-refractivity contribution in [2.75, 3.05) is 5.32 Å². The molecule has 17 heavy (non-hydrogen) atoms. The van der Waals surface area contributed by atoms with Crippen molar-refractivity contribution in [3.63, 3.8) is 0 Å². The number of anilines is 1. The molecule has 0 saturated carbocycles. The van der Waals surface area contributed by atoms with Crippen molar-refractivity contribution in [2.24, 2.45) is 7.05 Å². The van der Waals surface area contributed by atoms with Crippen LogP contribution in [0, 0.1) is 0 Å². The SMILES string of the molecule is Cn1cncc1CNc1cccc2n[se]nc12. The quantitative estimate of drug-likeness (QED) is 0.733. The minimum atomic E-state index is 0.0205. The molecule has 0 radical (unpaired) electrons. The molecule has 0 aliphatic rings. The first-order chi connectivity index (χ1) is 8.34. The van der Waals surface area contributed by atoms with Gasteiger partial charge in [0.05, 0.1) is 0 Å². The van der Waals surface area contributed by atoms with E-state index in [1.54, 1.807) is 6.33 Å². The number of benzene rings is 1. The van der Waals surface area contributed by atoms with Gasteiger partial charge in [0.2, 0.25) is 0 Å². The number of aromatic nitrogens is 4.